The minimum absolute atomic E-state index is 0.230. The van der Waals surface area contributed by atoms with Crippen LogP contribution in [0.2, 0.25) is 0 Å². The minimum Gasteiger partial charge on any atom is -0.493 e. The van der Waals surface area contributed by atoms with Crippen molar-refractivity contribution in [2.24, 2.45) is 5.73 Å². The molecule has 1 aromatic rings. The lowest BCUT2D eigenvalue weighted by molar-refractivity contribution is -0.120. The fourth-order valence-electron chi connectivity index (χ4n) is 1.19. The molecule has 0 bridgehead atoms. The molecule has 3 N–H and O–H groups in total. The zero-order chi connectivity index (χ0) is 12.1. The van der Waals surface area contributed by atoms with Crippen LogP contribution in [0.1, 0.15) is 5.56 Å². The highest BCUT2D eigenvalue weighted by Crippen LogP contribution is 2.36. The van der Waals surface area contributed by atoms with E-state index in [1.165, 1.54) is 7.11 Å². The maximum atomic E-state index is 10.6. The number of hydrogen-bond donors (Lipinski definition) is 2. The average Bonchev–Trinajstić information content (AvgIpc) is 2.26. The lowest BCUT2D eigenvalue weighted by Gasteiger charge is -2.14. The number of amides is 1. The SMILES string of the molecule is COc1ccc(Br)c(CO)c1OCC(N)=O. The van der Waals surface area contributed by atoms with Crippen molar-refractivity contribution in [1.82, 2.24) is 0 Å². The molecule has 1 rings (SSSR count). The van der Waals surface area contributed by atoms with Gasteiger partial charge in [-0.05, 0) is 12.1 Å². The Labute approximate surface area is 101 Å². The zero-order valence-corrected chi connectivity index (χ0v) is 10.3. The van der Waals surface area contributed by atoms with Gasteiger partial charge in [-0.3, -0.25) is 4.79 Å². The second-order valence-electron chi connectivity index (χ2n) is 2.97. The van der Waals surface area contributed by atoms with Gasteiger partial charge in [-0.15, -0.1) is 0 Å². The van der Waals surface area contributed by atoms with Gasteiger partial charge in [-0.2, -0.15) is 0 Å². The first-order valence-corrected chi connectivity index (χ1v) is 5.26. The minimum atomic E-state index is -0.592. The van der Waals surface area contributed by atoms with Crippen molar-refractivity contribution in [3.63, 3.8) is 0 Å². The summed E-state index contributed by atoms with van der Waals surface area (Å²) in [4.78, 5) is 10.6. The number of carbonyl (C=O) groups excluding carboxylic acids is 1. The van der Waals surface area contributed by atoms with Gasteiger partial charge < -0.3 is 20.3 Å². The van der Waals surface area contributed by atoms with Crippen LogP contribution < -0.4 is 15.2 Å². The molecule has 0 unspecified atom stereocenters. The van der Waals surface area contributed by atoms with Crippen molar-refractivity contribution in [3.8, 4) is 11.5 Å². The van der Waals surface area contributed by atoms with Crippen LogP contribution >= 0.6 is 15.9 Å². The molecule has 6 heteroatoms. The van der Waals surface area contributed by atoms with Crippen LogP contribution in [0.25, 0.3) is 0 Å². The molecule has 16 heavy (non-hydrogen) atoms. The topological polar surface area (TPSA) is 81.8 Å². The molecule has 0 radical (unpaired) electrons. The second-order valence-corrected chi connectivity index (χ2v) is 3.82. The Bertz CT molecular complexity index is 395. The summed E-state index contributed by atoms with van der Waals surface area (Å²) in [5, 5.41) is 9.20. The summed E-state index contributed by atoms with van der Waals surface area (Å²) in [5.41, 5.74) is 5.50. The number of methoxy groups -OCH3 is 1. The fraction of sp³-hybridized carbons (Fsp3) is 0.300. The lowest BCUT2D eigenvalue weighted by Crippen LogP contribution is -2.20. The van der Waals surface area contributed by atoms with Crippen LogP contribution in [0.5, 0.6) is 11.5 Å². The molecule has 0 fully saturated rings. The van der Waals surface area contributed by atoms with Gasteiger partial charge in [-0.1, -0.05) is 15.9 Å². The van der Waals surface area contributed by atoms with Crippen molar-refractivity contribution < 1.29 is 19.4 Å². The third-order valence-corrected chi connectivity index (χ3v) is 2.65. The molecule has 0 aliphatic heterocycles. The van der Waals surface area contributed by atoms with Gasteiger partial charge in [0.15, 0.2) is 18.1 Å². The Morgan fingerprint density at radius 1 is 1.56 bits per heavy atom. The Kier molecular flexibility index (Phi) is 4.57. The van der Waals surface area contributed by atoms with E-state index >= 15 is 0 Å². The van der Waals surface area contributed by atoms with Crippen molar-refractivity contribution in [1.29, 1.82) is 0 Å². The second kappa shape index (κ2) is 5.72. The molecule has 0 aliphatic carbocycles. The van der Waals surface area contributed by atoms with E-state index < -0.39 is 5.91 Å². The van der Waals surface area contributed by atoms with Crippen molar-refractivity contribution in [3.05, 3.63) is 22.2 Å². The number of halogens is 1. The Morgan fingerprint density at radius 3 is 2.75 bits per heavy atom. The maximum absolute atomic E-state index is 10.6. The molecular formula is C10H12BrNO4. The molecule has 88 valence electrons. The van der Waals surface area contributed by atoms with Gasteiger partial charge in [0.2, 0.25) is 0 Å². The summed E-state index contributed by atoms with van der Waals surface area (Å²) in [6.07, 6.45) is 0. The number of rotatable bonds is 5. The normalized spacial score (nSPS) is 9.94. The number of hydrogen-bond acceptors (Lipinski definition) is 4. The van der Waals surface area contributed by atoms with Crippen LogP contribution in [0.4, 0.5) is 0 Å². The molecule has 0 atom stereocenters. The molecule has 0 aromatic heterocycles. The Balaban J connectivity index is 3.09. The van der Waals surface area contributed by atoms with Crippen LogP contribution in [0.3, 0.4) is 0 Å². The van der Waals surface area contributed by atoms with Gasteiger partial charge in [0.05, 0.1) is 13.7 Å². The number of primary amides is 1. The number of nitrogens with two attached hydrogens (primary N) is 1. The van der Waals surface area contributed by atoms with Gasteiger partial charge in [0.1, 0.15) is 0 Å². The number of benzene rings is 1. The molecule has 0 aliphatic rings. The smallest absolute Gasteiger partial charge is 0.255 e. The Morgan fingerprint density at radius 2 is 2.25 bits per heavy atom. The van der Waals surface area contributed by atoms with E-state index in [2.05, 4.69) is 15.9 Å². The van der Waals surface area contributed by atoms with Gasteiger partial charge in [0, 0.05) is 10.0 Å². The standard InChI is InChI=1S/C10H12BrNO4/c1-15-8-3-2-7(11)6(4-13)10(8)16-5-9(12)14/h2-3,13H,4-5H2,1H3,(H2,12,14). The predicted molar refractivity (Wildman–Crippen MR) is 61.3 cm³/mol. The third-order valence-electron chi connectivity index (χ3n) is 1.90. The first-order chi connectivity index (χ1) is 7.60. The van der Waals surface area contributed by atoms with Gasteiger partial charge >= 0.3 is 0 Å². The molecule has 0 saturated heterocycles. The summed E-state index contributed by atoms with van der Waals surface area (Å²) in [6.45, 7) is -0.494. The van der Waals surface area contributed by atoms with E-state index in [1.807, 2.05) is 0 Å². The highest BCUT2D eigenvalue weighted by Gasteiger charge is 2.14. The summed E-state index contributed by atoms with van der Waals surface area (Å²) < 4.78 is 10.9. The molecular weight excluding hydrogens is 278 g/mol. The molecule has 1 aromatic carbocycles. The number of carbonyl (C=O) groups is 1. The molecule has 0 heterocycles. The van der Waals surface area contributed by atoms with Crippen molar-refractivity contribution in [2.75, 3.05) is 13.7 Å². The van der Waals surface area contributed by atoms with Crippen molar-refractivity contribution in [2.45, 2.75) is 6.61 Å². The molecule has 1 amide bonds. The van der Waals surface area contributed by atoms with E-state index in [0.717, 1.165) is 0 Å². The van der Waals surface area contributed by atoms with E-state index in [4.69, 9.17) is 15.2 Å². The molecule has 0 spiro atoms. The highest BCUT2D eigenvalue weighted by molar-refractivity contribution is 9.10. The largest absolute Gasteiger partial charge is 0.493 e. The lowest BCUT2D eigenvalue weighted by atomic mass is 10.2. The monoisotopic (exact) mass is 289 g/mol. The van der Waals surface area contributed by atoms with Crippen LogP contribution in [0.15, 0.2) is 16.6 Å². The first kappa shape index (κ1) is 12.8. The summed E-state index contributed by atoms with van der Waals surface area (Å²) >= 11 is 3.27. The number of ether oxygens (including phenoxy) is 2. The van der Waals surface area contributed by atoms with Crippen LogP contribution in [0, 0.1) is 0 Å². The van der Waals surface area contributed by atoms with Crippen molar-refractivity contribution >= 4 is 21.8 Å². The fourth-order valence-corrected chi connectivity index (χ4v) is 1.63. The van der Waals surface area contributed by atoms with E-state index in [0.29, 0.717) is 21.5 Å². The maximum Gasteiger partial charge on any atom is 0.255 e. The summed E-state index contributed by atoms with van der Waals surface area (Å²) in [6, 6.07) is 3.39. The van der Waals surface area contributed by atoms with E-state index in [9.17, 15) is 9.90 Å². The highest BCUT2D eigenvalue weighted by atomic mass is 79.9. The summed E-state index contributed by atoms with van der Waals surface area (Å²) in [7, 11) is 1.47. The average molecular weight is 290 g/mol. The third kappa shape index (κ3) is 2.86. The first-order valence-electron chi connectivity index (χ1n) is 4.47. The predicted octanol–water partition coefficient (Wildman–Crippen LogP) is 0.814. The van der Waals surface area contributed by atoms with E-state index in [1.54, 1.807) is 12.1 Å². The molecule has 0 saturated carbocycles. The summed E-state index contributed by atoms with van der Waals surface area (Å²) in [5.74, 6) is 0.164. The van der Waals surface area contributed by atoms with Gasteiger partial charge in [0.25, 0.3) is 5.91 Å². The zero-order valence-electron chi connectivity index (χ0n) is 8.70. The molecule has 5 nitrogen and oxygen atoms in total. The van der Waals surface area contributed by atoms with Gasteiger partial charge in [-0.25, -0.2) is 0 Å². The number of aliphatic hydroxyl groups is 1. The number of aliphatic hydroxyl groups excluding tert-OH is 1. The quantitative estimate of drug-likeness (QED) is 0.841. The van der Waals surface area contributed by atoms with Crippen LogP contribution in [-0.4, -0.2) is 24.7 Å². The Hall–Kier alpha value is -1.27. The van der Waals surface area contributed by atoms with Crippen LogP contribution in [-0.2, 0) is 11.4 Å². The van der Waals surface area contributed by atoms with E-state index in [-0.39, 0.29) is 13.2 Å².